The van der Waals surface area contributed by atoms with Gasteiger partial charge in [0.2, 0.25) is 10.0 Å². The molecule has 0 aromatic carbocycles. The number of hydrogen-bond donors (Lipinski definition) is 1. The summed E-state index contributed by atoms with van der Waals surface area (Å²) in [7, 11) is -3.70. The fourth-order valence-electron chi connectivity index (χ4n) is 1.08. The number of rotatable bonds is 7. The number of carbonyl (C=O) groups is 1. The molecule has 0 radical (unpaired) electrons. The predicted molar refractivity (Wildman–Crippen MR) is 61.1 cm³/mol. The molecule has 0 bridgehead atoms. The number of ether oxygens (including phenoxy) is 1. The number of esters is 1. The Bertz CT molecular complexity index is 356. The molecule has 0 aliphatic rings. The van der Waals surface area contributed by atoms with Gasteiger partial charge in [0.1, 0.15) is 0 Å². The van der Waals surface area contributed by atoms with E-state index in [0.29, 0.717) is 6.42 Å². The highest BCUT2D eigenvalue weighted by Crippen LogP contribution is 1.98. The normalized spacial score (nSPS) is 12.8. The van der Waals surface area contributed by atoms with E-state index >= 15 is 0 Å². The predicted octanol–water partition coefficient (Wildman–Crippen LogP) is 0.271. The minimum absolute atomic E-state index is 0.155. The van der Waals surface area contributed by atoms with Gasteiger partial charge in [0.15, 0.2) is 5.75 Å². The van der Waals surface area contributed by atoms with Crippen LogP contribution < -0.4 is 4.72 Å². The van der Waals surface area contributed by atoms with Gasteiger partial charge < -0.3 is 4.74 Å². The number of hydrogen-bond acceptors (Lipinski definition) is 4. The maximum Gasteiger partial charge on any atom is 0.322 e. The summed E-state index contributed by atoms with van der Waals surface area (Å²) in [6, 6.07) is -0.565. The molecule has 1 unspecified atom stereocenters. The second-order valence-corrected chi connectivity index (χ2v) is 4.94. The molecule has 92 valence electrons. The lowest BCUT2D eigenvalue weighted by atomic mass is 10.2. The molecular formula is C10H17NO4S. The summed E-state index contributed by atoms with van der Waals surface area (Å²) in [6.45, 7) is 3.66. The standard InChI is InChI=1S/C10H17NO4S/c1-4-7-9(5-2)11-16(13,14)8-10(12)15-6-3/h2,9,11H,4,6-8H2,1,3H3. The molecule has 0 heterocycles. The molecule has 0 aromatic heterocycles. The molecule has 0 fully saturated rings. The van der Waals surface area contributed by atoms with Crippen molar-refractivity contribution < 1.29 is 17.9 Å². The van der Waals surface area contributed by atoms with E-state index in [2.05, 4.69) is 15.4 Å². The summed E-state index contributed by atoms with van der Waals surface area (Å²) < 4.78 is 29.7. The molecule has 1 N–H and O–H groups in total. The van der Waals surface area contributed by atoms with Gasteiger partial charge in [-0.2, -0.15) is 4.72 Å². The van der Waals surface area contributed by atoms with Crippen molar-refractivity contribution in [2.24, 2.45) is 0 Å². The van der Waals surface area contributed by atoms with Crippen LogP contribution in [0.1, 0.15) is 26.7 Å². The molecule has 0 aromatic rings. The van der Waals surface area contributed by atoms with Crippen molar-refractivity contribution in [1.29, 1.82) is 0 Å². The zero-order chi connectivity index (χ0) is 12.6. The molecule has 0 saturated heterocycles. The number of sulfonamides is 1. The van der Waals surface area contributed by atoms with Gasteiger partial charge in [-0.1, -0.05) is 19.3 Å². The Morgan fingerprint density at radius 1 is 1.50 bits per heavy atom. The van der Waals surface area contributed by atoms with Crippen LogP contribution in [0.15, 0.2) is 0 Å². The zero-order valence-electron chi connectivity index (χ0n) is 9.52. The van der Waals surface area contributed by atoms with E-state index in [-0.39, 0.29) is 6.61 Å². The Morgan fingerprint density at radius 3 is 2.56 bits per heavy atom. The number of carbonyl (C=O) groups excluding carboxylic acids is 1. The Labute approximate surface area is 96.6 Å². The van der Waals surface area contributed by atoms with Crippen LogP contribution in [0, 0.1) is 12.3 Å². The van der Waals surface area contributed by atoms with Gasteiger partial charge >= 0.3 is 5.97 Å². The Kier molecular flexibility index (Phi) is 6.77. The molecule has 0 spiro atoms. The van der Waals surface area contributed by atoms with Gasteiger partial charge in [0, 0.05) is 0 Å². The first-order valence-electron chi connectivity index (χ1n) is 5.07. The summed E-state index contributed by atoms with van der Waals surface area (Å²) >= 11 is 0. The van der Waals surface area contributed by atoms with Crippen molar-refractivity contribution in [3.63, 3.8) is 0 Å². The topological polar surface area (TPSA) is 72.5 Å². The third-order valence-corrected chi connectivity index (χ3v) is 2.97. The van der Waals surface area contributed by atoms with E-state index in [1.165, 1.54) is 0 Å². The maximum absolute atomic E-state index is 11.5. The van der Waals surface area contributed by atoms with Crippen molar-refractivity contribution in [2.45, 2.75) is 32.7 Å². The second kappa shape index (κ2) is 7.25. The van der Waals surface area contributed by atoms with Crippen molar-refractivity contribution >= 4 is 16.0 Å². The molecule has 0 rings (SSSR count). The summed E-state index contributed by atoms with van der Waals surface area (Å²) in [5.41, 5.74) is 0. The molecule has 0 aliphatic carbocycles. The van der Waals surface area contributed by atoms with E-state index in [9.17, 15) is 13.2 Å². The fraction of sp³-hybridized carbons (Fsp3) is 0.700. The van der Waals surface area contributed by atoms with Gasteiger partial charge in [0.05, 0.1) is 12.6 Å². The molecule has 5 nitrogen and oxygen atoms in total. The summed E-state index contributed by atoms with van der Waals surface area (Å²) in [4.78, 5) is 11.0. The smallest absolute Gasteiger partial charge is 0.322 e. The Morgan fingerprint density at radius 2 is 2.12 bits per heavy atom. The fourth-order valence-corrected chi connectivity index (χ4v) is 2.18. The van der Waals surface area contributed by atoms with Crippen LogP contribution in [0.5, 0.6) is 0 Å². The monoisotopic (exact) mass is 247 g/mol. The van der Waals surface area contributed by atoms with Gasteiger partial charge in [-0.25, -0.2) is 8.42 Å². The number of nitrogens with one attached hydrogen (secondary N) is 1. The van der Waals surface area contributed by atoms with Crippen LogP contribution in [-0.2, 0) is 19.6 Å². The number of terminal acetylenes is 1. The van der Waals surface area contributed by atoms with Crippen LogP contribution in [0.2, 0.25) is 0 Å². The van der Waals surface area contributed by atoms with E-state index in [1.54, 1.807) is 6.92 Å². The van der Waals surface area contributed by atoms with Crippen molar-refractivity contribution in [3.05, 3.63) is 0 Å². The van der Waals surface area contributed by atoms with Gasteiger partial charge in [-0.15, -0.1) is 6.42 Å². The van der Waals surface area contributed by atoms with Gasteiger partial charge in [0.25, 0.3) is 0 Å². The van der Waals surface area contributed by atoms with Crippen LogP contribution >= 0.6 is 0 Å². The third kappa shape index (κ3) is 6.43. The maximum atomic E-state index is 11.5. The Balaban J connectivity index is 4.34. The van der Waals surface area contributed by atoms with Crippen molar-refractivity contribution in [1.82, 2.24) is 4.72 Å². The molecule has 1 atom stereocenters. The lowest BCUT2D eigenvalue weighted by molar-refractivity contribution is -0.139. The van der Waals surface area contributed by atoms with E-state index in [1.807, 2.05) is 6.92 Å². The van der Waals surface area contributed by atoms with Gasteiger partial charge in [-0.3, -0.25) is 4.79 Å². The first-order valence-corrected chi connectivity index (χ1v) is 6.72. The highest BCUT2D eigenvalue weighted by molar-refractivity contribution is 7.90. The average Bonchev–Trinajstić information content (AvgIpc) is 2.16. The van der Waals surface area contributed by atoms with Crippen molar-refractivity contribution in [2.75, 3.05) is 12.4 Å². The van der Waals surface area contributed by atoms with Crippen LogP contribution in [0.25, 0.3) is 0 Å². The van der Waals surface area contributed by atoms with E-state index in [0.717, 1.165) is 6.42 Å². The molecule has 0 saturated carbocycles. The highest BCUT2D eigenvalue weighted by Gasteiger charge is 2.20. The second-order valence-electron chi connectivity index (χ2n) is 3.19. The Hall–Kier alpha value is -1.06. The van der Waals surface area contributed by atoms with Crippen LogP contribution in [0.4, 0.5) is 0 Å². The average molecular weight is 247 g/mol. The molecule has 0 aliphatic heterocycles. The molecular weight excluding hydrogens is 230 g/mol. The molecule has 0 amide bonds. The van der Waals surface area contributed by atoms with Crippen molar-refractivity contribution in [3.8, 4) is 12.3 Å². The van der Waals surface area contributed by atoms with Crippen LogP contribution in [-0.4, -0.2) is 32.8 Å². The summed E-state index contributed by atoms with van der Waals surface area (Å²) in [5.74, 6) is 0.855. The third-order valence-electron chi connectivity index (χ3n) is 1.71. The summed E-state index contributed by atoms with van der Waals surface area (Å²) in [5, 5.41) is 0. The summed E-state index contributed by atoms with van der Waals surface area (Å²) in [6.07, 6.45) is 6.46. The minimum Gasteiger partial charge on any atom is -0.465 e. The quantitative estimate of drug-likeness (QED) is 0.518. The van der Waals surface area contributed by atoms with Gasteiger partial charge in [-0.05, 0) is 13.3 Å². The van der Waals surface area contributed by atoms with Crippen LogP contribution in [0.3, 0.4) is 0 Å². The lowest BCUT2D eigenvalue weighted by Crippen LogP contribution is -2.37. The lowest BCUT2D eigenvalue weighted by Gasteiger charge is -2.11. The van der Waals surface area contributed by atoms with E-state index in [4.69, 9.17) is 6.42 Å². The molecule has 16 heavy (non-hydrogen) atoms. The first kappa shape index (κ1) is 14.9. The molecule has 6 heteroatoms. The highest BCUT2D eigenvalue weighted by atomic mass is 32.2. The minimum atomic E-state index is -3.70. The SMILES string of the molecule is C#CC(CCC)NS(=O)(=O)CC(=O)OCC. The first-order chi connectivity index (χ1) is 7.45. The van der Waals surface area contributed by atoms with E-state index < -0.39 is 27.8 Å². The zero-order valence-corrected chi connectivity index (χ0v) is 10.3. The largest absolute Gasteiger partial charge is 0.465 e.